The molecule has 1 fully saturated rings. The van der Waals surface area contributed by atoms with Gasteiger partial charge in [-0.25, -0.2) is 0 Å². The van der Waals surface area contributed by atoms with E-state index in [4.69, 9.17) is 9.47 Å². The first-order valence-electron chi connectivity index (χ1n) is 7.25. The summed E-state index contributed by atoms with van der Waals surface area (Å²) in [7, 11) is 4.85. The molecule has 2 rings (SSSR count). The summed E-state index contributed by atoms with van der Waals surface area (Å²) in [5, 5.41) is 10.1. The number of carbonyl (C=O) groups is 1. The van der Waals surface area contributed by atoms with Crippen LogP contribution in [-0.2, 0) is 0 Å². The third-order valence-electron chi connectivity index (χ3n) is 4.14. The van der Waals surface area contributed by atoms with Gasteiger partial charge in [-0.05, 0) is 31.0 Å². The van der Waals surface area contributed by atoms with Crippen LogP contribution in [0, 0.1) is 0 Å². The Bertz CT molecular complexity index is 503. The van der Waals surface area contributed by atoms with E-state index in [9.17, 15) is 9.90 Å². The topological polar surface area (TPSA) is 59.0 Å². The minimum atomic E-state index is -0.437. The second kappa shape index (κ2) is 6.80. The summed E-state index contributed by atoms with van der Waals surface area (Å²) >= 11 is 0. The smallest absolute Gasteiger partial charge is 0.254 e. The maximum absolute atomic E-state index is 12.6. The molecule has 1 amide bonds. The molecule has 0 aliphatic heterocycles. The van der Waals surface area contributed by atoms with Crippen molar-refractivity contribution in [1.82, 2.24) is 4.90 Å². The van der Waals surface area contributed by atoms with Crippen LogP contribution in [0.2, 0.25) is 0 Å². The monoisotopic (exact) mass is 293 g/mol. The fourth-order valence-corrected chi connectivity index (χ4v) is 2.87. The van der Waals surface area contributed by atoms with E-state index in [0.29, 0.717) is 17.1 Å². The van der Waals surface area contributed by atoms with E-state index < -0.39 is 6.10 Å². The van der Waals surface area contributed by atoms with Crippen LogP contribution >= 0.6 is 0 Å². The molecule has 0 saturated heterocycles. The minimum Gasteiger partial charge on any atom is -0.493 e. The Kier molecular flexibility index (Phi) is 5.07. The zero-order valence-corrected chi connectivity index (χ0v) is 12.8. The van der Waals surface area contributed by atoms with Crippen LogP contribution < -0.4 is 9.47 Å². The van der Waals surface area contributed by atoms with Crippen molar-refractivity contribution in [3.63, 3.8) is 0 Å². The summed E-state index contributed by atoms with van der Waals surface area (Å²) in [6, 6.07) is 5.00. The van der Waals surface area contributed by atoms with E-state index in [-0.39, 0.29) is 11.9 Å². The Labute approximate surface area is 125 Å². The summed E-state index contributed by atoms with van der Waals surface area (Å²) in [5.74, 6) is 1.01. The van der Waals surface area contributed by atoms with Crippen molar-refractivity contribution < 1.29 is 19.4 Å². The Hall–Kier alpha value is -1.75. The molecule has 1 aliphatic rings. The van der Waals surface area contributed by atoms with E-state index >= 15 is 0 Å². The molecular weight excluding hydrogens is 270 g/mol. The van der Waals surface area contributed by atoms with E-state index in [0.717, 1.165) is 25.7 Å². The van der Waals surface area contributed by atoms with E-state index in [1.807, 2.05) is 0 Å². The molecule has 21 heavy (non-hydrogen) atoms. The molecule has 5 nitrogen and oxygen atoms in total. The SMILES string of the molecule is COc1ccc(C(=O)N(C)[C@H]2CCCC[C@@H]2O)cc1OC. The second-order valence-electron chi connectivity index (χ2n) is 5.40. The van der Waals surface area contributed by atoms with Crippen LogP contribution in [0.5, 0.6) is 11.5 Å². The van der Waals surface area contributed by atoms with Crippen molar-refractivity contribution >= 4 is 5.91 Å². The Morgan fingerprint density at radius 3 is 2.48 bits per heavy atom. The predicted molar refractivity (Wildman–Crippen MR) is 79.9 cm³/mol. The average molecular weight is 293 g/mol. The highest BCUT2D eigenvalue weighted by Crippen LogP contribution is 2.29. The highest BCUT2D eigenvalue weighted by molar-refractivity contribution is 5.95. The number of likely N-dealkylation sites (N-methyl/N-ethyl adjacent to an activating group) is 1. The third-order valence-corrected chi connectivity index (χ3v) is 4.14. The Morgan fingerprint density at radius 2 is 1.86 bits per heavy atom. The molecule has 5 heteroatoms. The first-order valence-corrected chi connectivity index (χ1v) is 7.25. The summed E-state index contributed by atoms with van der Waals surface area (Å²) in [6.07, 6.45) is 3.24. The van der Waals surface area contributed by atoms with Crippen molar-refractivity contribution in [2.24, 2.45) is 0 Å². The molecule has 116 valence electrons. The number of ether oxygens (including phenoxy) is 2. The Balaban J connectivity index is 2.18. The van der Waals surface area contributed by atoms with E-state index in [1.54, 1.807) is 44.4 Å². The maximum Gasteiger partial charge on any atom is 0.254 e. The summed E-state index contributed by atoms with van der Waals surface area (Å²) in [5.41, 5.74) is 0.535. The van der Waals surface area contributed by atoms with Gasteiger partial charge >= 0.3 is 0 Å². The molecule has 1 aliphatic carbocycles. The molecule has 0 spiro atoms. The molecule has 0 unspecified atom stereocenters. The van der Waals surface area contributed by atoms with Gasteiger partial charge in [0.1, 0.15) is 0 Å². The van der Waals surface area contributed by atoms with Crippen LogP contribution in [0.4, 0.5) is 0 Å². The number of aliphatic hydroxyl groups is 1. The lowest BCUT2D eigenvalue weighted by Crippen LogP contribution is -2.46. The third kappa shape index (κ3) is 3.29. The first-order chi connectivity index (χ1) is 10.1. The lowest BCUT2D eigenvalue weighted by atomic mass is 9.91. The molecule has 1 saturated carbocycles. The number of amides is 1. The van der Waals surface area contributed by atoms with Crippen LogP contribution in [-0.4, -0.2) is 49.3 Å². The number of rotatable bonds is 4. The molecule has 0 aromatic heterocycles. The van der Waals surface area contributed by atoms with Crippen LogP contribution in [0.3, 0.4) is 0 Å². The highest BCUT2D eigenvalue weighted by atomic mass is 16.5. The minimum absolute atomic E-state index is 0.109. The van der Waals surface area contributed by atoms with Crippen molar-refractivity contribution in [2.75, 3.05) is 21.3 Å². The van der Waals surface area contributed by atoms with Gasteiger partial charge in [0, 0.05) is 12.6 Å². The average Bonchev–Trinajstić information content (AvgIpc) is 2.53. The fourth-order valence-electron chi connectivity index (χ4n) is 2.87. The fraction of sp³-hybridized carbons (Fsp3) is 0.562. The molecule has 1 aromatic carbocycles. The van der Waals surface area contributed by atoms with Gasteiger partial charge in [0.25, 0.3) is 5.91 Å². The number of hydrogen-bond donors (Lipinski definition) is 1. The zero-order valence-electron chi connectivity index (χ0n) is 12.8. The molecule has 0 heterocycles. The molecule has 1 N–H and O–H groups in total. The summed E-state index contributed by atoms with van der Waals surface area (Å²) in [4.78, 5) is 14.2. The van der Waals surface area contributed by atoms with Gasteiger partial charge in [-0.3, -0.25) is 4.79 Å². The normalized spacial score (nSPS) is 21.7. The largest absolute Gasteiger partial charge is 0.493 e. The van der Waals surface area contributed by atoms with E-state index in [1.165, 1.54) is 0 Å². The van der Waals surface area contributed by atoms with Crippen molar-refractivity contribution in [1.29, 1.82) is 0 Å². The first kappa shape index (κ1) is 15.6. The number of benzene rings is 1. The number of carbonyl (C=O) groups excluding carboxylic acids is 1. The van der Waals surface area contributed by atoms with Gasteiger partial charge in [-0.2, -0.15) is 0 Å². The quantitative estimate of drug-likeness (QED) is 0.923. The second-order valence-corrected chi connectivity index (χ2v) is 5.40. The number of hydrogen-bond acceptors (Lipinski definition) is 4. The number of methoxy groups -OCH3 is 2. The van der Waals surface area contributed by atoms with Crippen LogP contribution in [0.15, 0.2) is 18.2 Å². The molecule has 1 aromatic rings. The highest BCUT2D eigenvalue weighted by Gasteiger charge is 2.30. The Morgan fingerprint density at radius 1 is 1.19 bits per heavy atom. The van der Waals surface area contributed by atoms with Gasteiger partial charge in [0.15, 0.2) is 11.5 Å². The van der Waals surface area contributed by atoms with Gasteiger partial charge in [0.2, 0.25) is 0 Å². The van der Waals surface area contributed by atoms with Crippen LogP contribution in [0.1, 0.15) is 36.0 Å². The van der Waals surface area contributed by atoms with E-state index in [2.05, 4.69) is 0 Å². The molecule has 2 atom stereocenters. The lowest BCUT2D eigenvalue weighted by molar-refractivity contribution is 0.0268. The standard InChI is InChI=1S/C16H23NO4/c1-17(12-6-4-5-7-13(12)18)16(19)11-8-9-14(20-2)15(10-11)21-3/h8-10,12-13,18H,4-7H2,1-3H3/t12-,13-/m0/s1. The van der Waals surface area contributed by atoms with Gasteiger partial charge in [-0.15, -0.1) is 0 Å². The van der Waals surface area contributed by atoms with Crippen molar-refractivity contribution in [3.05, 3.63) is 23.8 Å². The van der Waals surface area contributed by atoms with Gasteiger partial charge < -0.3 is 19.5 Å². The molecule has 0 bridgehead atoms. The molecule has 0 radical (unpaired) electrons. The summed E-state index contributed by atoms with van der Waals surface area (Å²) < 4.78 is 10.4. The lowest BCUT2D eigenvalue weighted by Gasteiger charge is -2.35. The summed E-state index contributed by atoms with van der Waals surface area (Å²) in [6.45, 7) is 0. The van der Waals surface area contributed by atoms with Gasteiger partial charge in [0.05, 0.1) is 26.4 Å². The number of nitrogens with zero attached hydrogens (tertiary/aromatic N) is 1. The number of aliphatic hydroxyl groups excluding tert-OH is 1. The molecular formula is C16H23NO4. The zero-order chi connectivity index (χ0) is 15.4. The predicted octanol–water partition coefficient (Wildman–Crippen LogP) is 2.08. The van der Waals surface area contributed by atoms with Crippen molar-refractivity contribution in [3.8, 4) is 11.5 Å². The maximum atomic E-state index is 12.6. The van der Waals surface area contributed by atoms with Crippen LogP contribution in [0.25, 0.3) is 0 Å². The van der Waals surface area contributed by atoms with Crippen molar-refractivity contribution in [2.45, 2.75) is 37.8 Å². The van der Waals surface area contributed by atoms with Gasteiger partial charge in [-0.1, -0.05) is 12.8 Å².